The number of aryl methyl sites for hydroxylation is 1. The summed E-state index contributed by atoms with van der Waals surface area (Å²) >= 11 is 6.09. The zero-order valence-electron chi connectivity index (χ0n) is 11.0. The van der Waals surface area contributed by atoms with Gasteiger partial charge in [0.15, 0.2) is 5.82 Å². The van der Waals surface area contributed by atoms with Gasteiger partial charge >= 0.3 is 0 Å². The number of hydrogen-bond acceptors (Lipinski definition) is 3. The monoisotopic (exact) mass is 261 g/mol. The van der Waals surface area contributed by atoms with Crippen LogP contribution in [0.3, 0.4) is 0 Å². The Balaban J connectivity index is 2.60. The Bertz CT molecular complexity index is 573. The van der Waals surface area contributed by atoms with Gasteiger partial charge in [-0.05, 0) is 24.6 Å². The highest BCUT2D eigenvalue weighted by atomic mass is 35.5. The predicted octanol–water partition coefficient (Wildman–Crippen LogP) is 3.80. The van der Waals surface area contributed by atoms with Crippen LogP contribution < -0.4 is 0 Å². The van der Waals surface area contributed by atoms with Crippen molar-refractivity contribution in [3.63, 3.8) is 0 Å². The van der Waals surface area contributed by atoms with E-state index in [4.69, 9.17) is 11.6 Å². The SMILES string of the molecule is Cc1ccncc1-c1nc(Cl)cc(C(C)(C)C)n1. The van der Waals surface area contributed by atoms with Gasteiger partial charge < -0.3 is 0 Å². The van der Waals surface area contributed by atoms with Crippen molar-refractivity contribution in [2.24, 2.45) is 0 Å². The fourth-order valence-corrected chi connectivity index (χ4v) is 1.80. The summed E-state index contributed by atoms with van der Waals surface area (Å²) in [4.78, 5) is 13.0. The van der Waals surface area contributed by atoms with Crippen LogP contribution >= 0.6 is 11.6 Å². The smallest absolute Gasteiger partial charge is 0.162 e. The van der Waals surface area contributed by atoms with Gasteiger partial charge in [0, 0.05) is 23.4 Å². The van der Waals surface area contributed by atoms with Gasteiger partial charge in [0.25, 0.3) is 0 Å². The van der Waals surface area contributed by atoms with E-state index >= 15 is 0 Å². The second-order valence-corrected chi connectivity index (χ2v) is 5.73. The van der Waals surface area contributed by atoms with Crippen molar-refractivity contribution in [1.82, 2.24) is 15.0 Å². The zero-order valence-corrected chi connectivity index (χ0v) is 11.8. The molecule has 0 aromatic carbocycles. The maximum atomic E-state index is 6.09. The minimum absolute atomic E-state index is 0.0581. The summed E-state index contributed by atoms with van der Waals surface area (Å²) in [5.41, 5.74) is 2.88. The summed E-state index contributed by atoms with van der Waals surface area (Å²) in [5, 5.41) is 0.466. The van der Waals surface area contributed by atoms with Gasteiger partial charge in [0.2, 0.25) is 0 Å². The van der Waals surface area contributed by atoms with Crippen molar-refractivity contribution in [1.29, 1.82) is 0 Å². The third-order valence-electron chi connectivity index (χ3n) is 2.74. The summed E-state index contributed by atoms with van der Waals surface area (Å²) in [6, 6.07) is 3.76. The molecule has 0 amide bonds. The van der Waals surface area contributed by atoms with E-state index in [9.17, 15) is 0 Å². The lowest BCUT2D eigenvalue weighted by Gasteiger charge is -2.18. The average molecular weight is 262 g/mol. The van der Waals surface area contributed by atoms with E-state index in [1.165, 1.54) is 0 Å². The molecule has 0 aliphatic heterocycles. The Morgan fingerprint density at radius 2 is 1.89 bits per heavy atom. The molecule has 0 aliphatic rings. The third-order valence-corrected chi connectivity index (χ3v) is 2.94. The molecule has 0 saturated heterocycles. The van der Waals surface area contributed by atoms with Crippen molar-refractivity contribution < 1.29 is 0 Å². The summed E-state index contributed by atoms with van der Waals surface area (Å²) in [6.45, 7) is 8.32. The highest BCUT2D eigenvalue weighted by Gasteiger charge is 2.18. The van der Waals surface area contributed by atoms with E-state index in [-0.39, 0.29) is 5.41 Å². The summed E-state index contributed by atoms with van der Waals surface area (Å²) < 4.78 is 0. The minimum Gasteiger partial charge on any atom is -0.264 e. The molecule has 0 fully saturated rings. The largest absolute Gasteiger partial charge is 0.264 e. The number of hydrogen-bond donors (Lipinski definition) is 0. The average Bonchev–Trinajstić information content (AvgIpc) is 2.27. The molecule has 2 rings (SSSR count). The molecule has 18 heavy (non-hydrogen) atoms. The van der Waals surface area contributed by atoms with Crippen LogP contribution in [0.25, 0.3) is 11.4 Å². The van der Waals surface area contributed by atoms with Crippen molar-refractivity contribution in [3.8, 4) is 11.4 Å². The fraction of sp³-hybridized carbons (Fsp3) is 0.357. The Kier molecular flexibility index (Phi) is 3.35. The molecule has 3 nitrogen and oxygen atoms in total. The molecular weight excluding hydrogens is 246 g/mol. The lowest BCUT2D eigenvalue weighted by Crippen LogP contribution is -2.14. The van der Waals surface area contributed by atoms with Gasteiger partial charge in [-0.3, -0.25) is 4.98 Å². The van der Waals surface area contributed by atoms with E-state index < -0.39 is 0 Å². The van der Waals surface area contributed by atoms with E-state index in [0.29, 0.717) is 11.0 Å². The maximum Gasteiger partial charge on any atom is 0.162 e. The van der Waals surface area contributed by atoms with Crippen LogP contribution in [-0.4, -0.2) is 15.0 Å². The van der Waals surface area contributed by atoms with E-state index in [2.05, 4.69) is 35.7 Å². The number of halogens is 1. The molecule has 0 aliphatic carbocycles. The Morgan fingerprint density at radius 1 is 1.17 bits per heavy atom. The second-order valence-electron chi connectivity index (χ2n) is 5.34. The summed E-state index contributed by atoms with van der Waals surface area (Å²) in [6.07, 6.45) is 3.53. The van der Waals surface area contributed by atoms with E-state index in [1.807, 2.05) is 19.1 Å². The topological polar surface area (TPSA) is 38.7 Å². The van der Waals surface area contributed by atoms with E-state index in [1.54, 1.807) is 12.4 Å². The molecule has 0 saturated carbocycles. The molecule has 0 spiro atoms. The summed E-state index contributed by atoms with van der Waals surface area (Å²) in [7, 11) is 0. The lowest BCUT2D eigenvalue weighted by molar-refractivity contribution is 0.568. The first-order valence-corrected chi connectivity index (χ1v) is 6.22. The van der Waals surface area contributed by atoms with Crippen LogP contribution in [0, 0.1) is 6.92 Å². The first-order chi connectivity index (χ1) is 8.38. The van der Waals surface area contributed by atoms with Crippen LogP contribution in [0.2, 0.25) is 5.15 Å². The Labute approximate surface area is 112 Å². The van der Waals surface area contributed by atoms with Gasteiger partial charge in [-0.25, -0.2) is 9.97 Å². The van der Waals surface area contributed by atoms with E-state index in [0.717, 1.165) is 16.8 Å². The van der Waals surface area contributed by atoms with Gasteiger partial charge in [-0.2, -0.15) is 0 Å². The lowest BCUT2D eigenvalue weighted by atomic mass is 9.92. The number of nitrogens with zero attached hydrogens (tertiary/aromatic N) is 3. The maximum absolute atomic E-state index is 6.09. The highest BCUT2D eigenvalue weighted by molar-refractivity contribution is 6.29. The molecule has 0 unspecified atom stereocenters. The molecular formula is C14H16ClN3. The van der Waals surface area contributed by atoms with Crippen LogP contribution in [0.5, 0.6) is 0 Å². The highest BCUT2D eigenvalue weighted by Crippen LogP contribution is 2.26. The zero-order chi connectivity index (χ0) is 13.3. The standard InChI is InChI=1S/C14H16ClN3/c1-9-5-6-16-8-10(9)13-17-11(14(2,3)4)7-12(15)18-13/h5-8H,1-4H3. The van der Waals surface area contributed by atoms with Gasteiger partial charge in [-0.1, -0.05) is 32.4 Å². The van der Waals surface area contributed by atoms with Crippen molar-refractivity contribution in [2.45, 2.75) is 33.1 Å². The van der Waals surface area contributed by atoms with Crippen molar-refractivity contribution in [2.75, 3.05) is 0 Å². The first kappa shape index (κ1) is 13.0. The third kappa shape index (κ3) is 2.67. The van der Waals surface area contributed by atoms with Crippen molar-refractivity contribution >= 4 is 11.6 Å². The molecule has 0 atom stereocenters. The van der Waals surface area contributed by atoms with Crippen LogP contribution in [0.4, 0.5) is 0 Å². The summed E-state index contributed by atoms with van der Waals surface area (Å²) in [5.74, 6) is 0.637. The van der Waals surface area contributed by atoms with Crippen molar-refractivity contribution in [3.05, 3.63) is 40.9 Å². The first-order valence-electron chi connectivity index (χ1n) is 5.84. The Hall–Kier alpha value is -1.48. The molecule has 0 bridgehead atoms. The fourth-order valence-electron chi connectivity index (χ4n) is 1.62. The minimum atomic E-state index is -0.0581. The van der Waals surface area contributed by atoms with Gasteiger partial charge in [0.1, 0.15) is 5.15 Å². The van der Waals surface area contributed by atoms with Crippen LogP contribution in [-0.2, 0) is 5.41 Å². The quantitative estimate of drug-likeness (QED) is 0.733. The molecule has 2 aromatic rings. The molecule has 0 radical (unpaired) electrons. The van der Waals surface area contributed by atoms with Gasteiger partial charge in [-0.15, -0.1) is 0 Å². The number of rotatable bonds is 1. The van der Waals surface area contributed by atoms with Crippen LogP contribution in [0.15, 0.2) is 24.5 Å². The van der Waals surface area contributed by atoms with Gasteiger partial charge in [0.05, 0.1) is 5.69 Å². The predicted molar refractivity (Wildman–Crippen MR) is 73.7 cm³/mol. The molecule has 2 aromatic heterocycles. The molecule has 4 heteroatoms. The second kappa shape index (κ2) is 4.65. The number of pyridine rings is 1. The van der Waals surface area contributed by atoms with Crippen LogP contribution in [0.1, 0.15) is 32.0 Å². The number of aromatic nitrogens is 3. The normalized spacial score (nSPS) is 11.6. The molecule has 0 N–H and O–H groups in total. The Morgan fingerprint density at radius 3 is 2.50 bits per heavy atom. The molecule has 2 heterocycles. The molecule has 94 valence electrons.